The van der Waals surface area contributed by atoms with Gasteiger partial charge in [-0.2, -0.15) is 0 Å². The molecule has 2 atom stereocenters. The van der Waals surface area contributed by atoms with Crippen LogP contribution in [0.1, 0.15) is 36.5 Å². The van der Waals surface area contributed by atoms with Gasteiger partial charge in [0.1, 0.15) is 5.82 Å². The molecule has 1 saturated heterocycles. The van der Waals surface area contributed by atoms with E-state index in [-0.39, 0.29) is 5.91 Å². The van der Waals surface area contributed by atoms with Crippen molar-refractivity contribution in [2.45, 2.75) is 32.2 Å². The lowest BCUT2D eigenvalue weighted by atomic mass is 10.1. The van der Waals surface area contributed by atoms with Crippen LogP contribution < -0.4 is 5.32 Å². The lowest BCUT2D eigenvalue weighted by molar-refractivity contribution is 0.0704. The van der Waals surface area contributed by atoms with Crippen LogP contribution in [-0.4, -0.2) is 34.9 Å². The van der Waals surface area contributed by atoms with Gasteiger partial charge in [0.15, 0.2) is 0 Å². The van der Waals surface area contributed by atoms with Gasteiger partial charge in [0, 0.05) is 29.8 Å². The van der Waals surface area contributed by atoms with Crippen LogP contribution in [0.15, 0.2) is 16.7 Å². The van der Waals surface area contributed by atoms with E-state index in [4.69, 9.17) is 0 Å². The summed E-state index contributed by atoms with van der Waals surface area (Å²) in [6, 6.07) is 2.32. The minimum atomic E-state index is 0.122. The zero-order valence-corrected chi connectivity index (χ0v) is 12.6. The van der Waals surface area contributed by atoms with E-state index in [0.717, 1.165) is 29.9 Å². The molecule has 2 bridgehead atoms. The number of rotatable bonds is 3. The predicted octanol–water partition coefficient (Wildman–Crippen LogP) is 2.90. The first-order chi connectivity index (χ1) is 9.19. The van der Waals surface area contributed by atoms with E-state index in [2.05, 4.69) is 26.2 Å². The molecule has 1 aromatic heterocycles. The highest BCUT2D eigenvalue weighted by Crippen LogP contribution is 2.38. The third-order valence-electron chi connectivity index (χ3n) is 4.10. The Morgan fingerprint density at radius 3 is 3.05 bits per heavy atom. The third-order valence-corrected chi connectivity index (χ3v) is 4.53. The SMILES string of the molecule is CCNc1ncc(Br)cc1C(=O)N1CC2CCC1C2. The molecule has 0 radical (unpaired) electrons. The second-order valence-corrected chi connectivity index (χ2v) is 6.29. The van der Waals surface area contributed by atoms with Crippen molar-refractivity contribution in [3.8, 4) is 0 Å². The normalized spacial score (nSPS) is 24.8. The fourth-order valence-corrected chi connectivity index (χ4v) is 3.57. The third kappa shape index (κ3) is 2.36. The molecule has 4 nitrogen and oxygen atoms in total. The number of likely N-dealkylation sites (tertiary alicyclic amines) is 1. The van der Waals surface area contributed by atoms with Gasteiger partial charge in [-0.3, -0.25) is 4.79 Å². The number of amides is 1. The smallest absolute Gasteiger partial charge is 0.257 e. The predicted molar refractivity (Wildman–Crippen MR) is 78.3 cm³/mol. The minimum Gasteiger partial charge on any atom is -0.370 e. The summed E-state index contributed by atoms with van der Waals surface area (Å²) in [5.41, 5.74) is 0.684. The molecule has 1 aliphatic carbocycles. The van der Waals surface area contributed by atoms with E-state index >= 15 is 0 Å². The van der Waals surface area contributed by atoms with Crippen LogP contribution in [0.3, 0.4) is 0 Å². The molecule has 1 amide bonds. The zero-order chi connectivity index (χ0) is 13.4. The van der Waals surface area contributed by atoms with Crippen LogP contribution in [0.5, 0.6) is 0 Å². The molecule has 1 aliphatic heterocycles. The van der Waals surface area contributed by atoms with Crippen LogP contribution in [0.2, 0.25) is 0 Å². The molecule has 0 aromatic carbocycles. The van der Waals surface area contributed by atoms with Gasteiger partial charge >= 0.3 is 0 Å². The maximum absolute atomic E-state index is 12.7. The van der Waals surface area contributed by atoms with E-state index in [1.165, 1.54) is 12.8 Å². The average molecular weight is 324 g/mol. The minimum absolute atomic E-state index is 0.122. The second kappa shape index (κ2) is 5.12. The maximum Gasteiger partial charge on any atom is 0.257 e. The van der Waals surface area contributed by atoms with Crippen molar-refractivity contribution in [3.63, 3.8) is 0 Å². The molecular weight excluding hydrogens is 306 g/mol. The zero-order valence-electron chi connectivity index (χ0n) is 11.0. The Kier molecular flexibility index (Phi) is 3.48. The average Bonchev–Trinajstić information content (AvgIpc) is 3.02. The first-order valence-electron chi connectivity index (χ1n) is 6.89. The highest BCUT2D eigenvalue weighted by molar-refractivity contribution is 9.10. The molecule has 1 aromatic rings. The van der Waals surface area contributed by atoms with Crippen molar-refractivity contribution >= 4 is 27.7 Å². The number of carbonyl (C=O) groups excluding carboxylic acids is 1. The summed E-state index contributed by atoms with van der Waals surface area (Å²) in [7, 11) is 0. The number of carbonyl (C=O) groups is 1. The number of anilines is 1. The molecule has 2 fully saturated rings. The van der Waals surface area contributed by atoms with Crippen molar-refractivity contribution in [1.29, 1.82) is 0 Å². The summed E-state index contributed by atoms with van der Waals surface area (Å²) in [6.07, 6.45) is 5.36. The van der Waals surface area contributed by atoms with Crippen molar-refractivity contribution in [2.75, 3.05) is 18.4 Å². The highest BCUT2D eigenvalue weighted by Gasteiger charge is 2.41. The lowest BCUT2D eigenvalue weighted by Crippen LogP contribution is -2.38. The fourth-order valence-electron chi connectivity index (χ4n) is 3.24. The quantitative estimate of drug-likeness (QED) is 0.930. The Morgan fingerprint density at radius 1 is 1.58 bits per heavy atom. The monoisotopic (exact) mass is 323 g/mol. The van der Waals surface area contributed by atoms with Gasteiger partial charge in [-0.1, -0.05) is 0 Å². The fraction of sp³-hybridized carbons (Fsp3) is 0.571. The first-order valence-corrected chi connectivity index (χ1v) is 7.68. The largest absolute Gasteiger partial charge is 0.370 e. The molecule has 3 rings (SSSR count). The Bertz CT molecular complexity index is 505. The van der Waals surface area contributed by atoms with Gasteiger partial charge in [-0.05, 0) is 54.1 Å². The van der Waals surface area contributed by atoms with E-state index in [9.17, 15) is 4.79 Å². The summed E-state index contributed by atoms with van der Waals surface area (Å²) in [6.45, 7) is 3.69. The van der Waals surface area contributed by atoms with E-state index in [0.29, 0.717) is 17.4 Å². The number of aromatic nitrogens is 1. The molecule has 5 heteroatoms. The molecule has 1 N–H and O–H groups in total. The number of piperidine rings is 1. The second-order valence-electron chi connectivity index (χ2n) is 5.37. The molecule has 102 valence electrons. The van der Waals surface area contributed by atoms with Crippen molar-refractivity contribution in [1.82, 2.24) is 9.88 Å². The van der Waals surface area contributed by atoms with Gasteiger partial charge < -0.3 is 10.2 Å². The summed E-state index contributed by atoms with van der Waals surface area (Å²) < 4.78 is 0.849. The molecule has 2 heterocycles. The lowest BCUT2D eigenvalue weighted by Gasteiger charge is -2.27. The Morgan fingerprint density at radius 2 is 2.42 bits per heavy atom. The number of pyridine rings is 1. The van der Waals surface area contributed by atoms with E-state index in [1.807, 2.05) is 17.9 Å². The Labute approximate surface area is 121 Å². The van der Waals surface area contributed by atoms with Crippen LogP contribution in [0, 0.1) is 5.92 Å². The van der Waals surface area contributed by atoms with Crippen molar-refractivity contribution < 1.29 is 4.79 Å². The number of nitrogens with zero attached hydrogens (tertiary/aromatic N) is 2. The topological polar surface area (TPSA) is 45.2 Å². The van der Waals surface area contributed by atoms with E-state index in [1.54, 1.807) is 6.20 Å². The van der Waals surface area contributed by atoms with Crippen molar-refractivity contribution in [3.05, 3.63) is 22.3 Å². The first kappa shape index (κ1) is 12.9. The Hall–Kier alpha value is -1.10. The maximum atomic E-state index is 12.7. The number of halogens is 1. The van der Waals surface area contributed by atoms with Crippen molar-refractivity contribution in [2.24, 2.45) is 5.92 Å². The molecule has 2 unspecified atom stereocenters. The highest BCUT2D eigenvalue weighted by atomic mass is 79.9. The molecule has 19 heavy (non-hydrogen) atoms. The van der Waals surface area contributed by atoms with Gasteiger partial charge in [0.25, 0.3) is 5.91 Å². The van der Waals surface area contributed by atoms with Crippen LogP contribution in [0.4, 0.5) is 5.82 Å². The van der Waals surface area contributed by atoms with Crippen LogP contribution >= 0.6 is 15.9 Å². The van der Waals surface area contributed by atoms with Gasteiger partial charge in [-0.15, -0.1) is 0 Å². The summed E-state index contributed by atoms with van der Waals surface area (Å²) in [5, 5.41) is 3.17. The number of nitrogens with one attached hydrogen (secondary N) is 1. The van der Waals surface area contributed by atoms with Gasteiger partial charge in [-0.25, -0.2) is 4.98 Å². The number of hydrogen-bond donors (Lipinski definition) is 1. The molecule has 1 saturated carbocycles. The van der Waals surface area contributed by atoms with Crippen LogP contribution in [0.25, 0.3) is 0 Å². The molecular formula is C14H18BrN3O. The van der Waals surface area contributed by atoms with E-state index < -0.39 is 0 Å². The van der Waals surface area contributed by atoms with Crippen LogP contribution in [-0.2, 0) is 0 Å². The number of fused-ring (bicyclic) bond motifs is 2. The summed E-state index contributed by atoms with van der Waals surface area (Å²) >= 11 is 3.40. The molecule has 2 aliphatic rings. The summed E-state index contributed by atoms with van der Waals surface area (Å²) in [5.74, 6) is 1.53. The standard InChI is InChI=1S/C14H18BrN3O/c1-2-16-13-12(6-10(15)7-17-13)14(19)18-8-9-3-4-11(18)5-9/h6-7,9,11H,2-5,8H2,1H3,(H,16,17). The van der Waals surface area contributed by atoms with Gasteiger partial charge in [0.05, 0.1) is 5.56 Å². The summed E-state index contributed by atoms with van der Waals surface area (Å²) in [4.78, 5) is 19.1. The number of hydrogen-bond acceptors (Lipinski definition) is 3. The Balaban J connectivity index is 1.88. The molecule has 0 spiro atoms. The van der Waals surface area contributed by atoms with Gasteiger partial charge in [0.2, 0.25) is 0 Å².